The summed E-state index contributed by atoms with van der Waals surface area (Å²) in [5, 5.41) is 38.3. The van der Waals surface area contributed by atoms with Crippen LogP contribution >= 0.6 is 0 Å². The van der Waals surface area contributed by atoms with Gasteiger partial charge in [0.1, 0.15) is 23.5 Å². The molecule has 0 bridgehead atoms. The molecule has 4 aromatic rings. The summed E-state index contributed by atoms with van der Waals surface area (Å²) in [5.74, 6) is -1.03. The largest absolute Gasteiger partial charge is 0.393 e. The normalized spacial score (nSPS) is 30.6. The highest BCUT2D eigenvalue weighted by atomic mass is 16.5. The number of carbonyl (C=O) groups is 2. The van der Waals surface area contributed by atoms with E-state index in [0.29, 0.717) is 48.2 Å². The molecular formula is C57H76N8O6. The van der Waals surface area contributed by atoms with Crippen LogP contribution < -0.4 is 0 Å². The summed E-state index contributed by atoms with van der Waals surface area (Å²) >= 11 is 0. The van der Waals surface area contributed by atoms with Gasteiger partial charge in [-0.15, -0.1) is 0 Å². The lowest BCUT2D eigenvalue weighted by Gasteiger charge is -2.46. The molecule has 2 fully saturated rings. The molecule has 0 spiro atoms. The molecule has 4 aliphatic rings. The van der Waals surface area contributed by atoms with Crippen molar-refractivity contribution in [2.45, 2.75) is 188 Å². The Balaban J connectivity index is 0.000000252. The number of allylic oxidation sites excluding steroid dienone is 4. The second-order valence-electron chi connectivity index (χ2n) is 22.4. The van der Waals surface area contributed by atoms with E-state index < -0.39 is 70.3 Å². The van der Waals surface area contributed by atoms with Crippen LogP contribution in [0.25, 0.3) is 11.1 Å². The number of Topliss-reactive ketones (excluding diaryl/α,β-unsaturated/α-hetero) is 2. The van der Waals surface area contributed by atoms with Gasteiger partial charge in [0.15, 0.2) is 11.6 Å². The van der Waals surface area contributed by atoms with Crippen LogP contribution in [0.1, 0.15) is 230 Å². The monoisotopic (exact) mass is 977 g/mol. The van der Waals surface area contributed by atoms with E-state index in [0.717, 1.165) is 0 Å². The Morgan fingerprint density at radius 2 is 1.15 bits per heavy atom. The smallest absolute Gasteiger partial charge is 0.202 e. The minimum atomic E-state index is -2.19. The van der Waals surface area contributed by atoms with Gasteiger partial charge in [-0.25, -0.2) is 9.97 Å². The lowest BCUT2D eigenvalue weighted by molar-refractivity contribution is -0.187. The first kappa shape index (κ1) is 44.1. The van der Waals surface area contributed by atoms with E-state index >= 15 is 0 Å². The van der Waals surface area contributed by atoms with E-state index in [1.807, 2.05) is 65.8 Å². The molecule has 4 aromatic heterocycles. The number of rotatable bonds is 12. The van der Waals surface area contributed by atoms with Crippen LogP contribution in [0.4, 0.5) is 0 Å². The highest BCUT2D eigenvalue weighted by Gasteiger charge is 2.44. The first-order valence-corrected chi connectivity index (χ1v) is 23.9. The van der Waals surface area contributed by atoms with E-state index in [9.17, 15) is 19.8 Å². The number of nitrogens with zero attached hydrogens (tertiary/aromatic N) is 6. The Kier molecular flexibility index (Phi) is 13.2. The fourth-order valence-electron chi connectivity index (χ4n) is 9.89. The second kappa shape index (κ2) is 21.2. The van der Waals surface area contributed by atoms with Crippen molar-refractivity contribution in [2.75, 3.05) is 13.2 Å². The van der Waals surface area contributed by atoms with Gasteiger partial charge in [-0.05, 0) is 151 Å². The van der Waals surface area contributed by atoms with Gasteiger partial charge in [-0.1, -0.05) is 59.4 Å². The van der Waals surface area contributed by atoms with Crippen molar-refractivity contribution in [3.63, 3.8) is 0 Å². The third kappa shape index (κ3) is 13.5. The van der Waals surface area contributed by atoms with Gasteiger partial charge in [-0.2, -0.15) is 10.5 Å². The third-order valence-corrected chi connectivity index (χ3v) is 13.1. The Hall–Kier alpha value is -5.64. The maximum absolute atomic E-state index is 13.1. The molecule has 14 nitrogen and oxygen atoms in total. The molecule has 0 saturated carbocycles. The summed E-state index contributed by atoms with van der Waals surface area (Å²) in [6.45, 7) is 18.3. The van der Waals surface area contributed by atoms with Crippen molar-refractivity contribution in [2.24, 2.45) is 10.8 Å². The molecule has 71 heavy (non-hydrogen) atoms. The van der Waals surface area contributed by atoms with E-state index in [2.05, 4.69) is 19.9 Å². The Morgan fingerprint density at radius 3 is 1.58 bits per heavy atom. The van der Waals surface area contributed by atoms with Crippen molar-refractivity contribution < 1.29 is 40.2 Å². The second-order valence-corrected chi connectivity index (χ2v) is 22.4. The molecule has 0 amide bonds. The minimum Gasteiger partial charge on any atom is -0.393 e. The van der Waals surface area contributed by atoms with Gasteiger partial charge < -0.3 is 29.7 Å². The molecule has 380 valence electrons. The fraction of sp³-hybridized carbons (Fsp3) is 0.579. The fourth-order valence-corrected chi connectivity index (χ4v) is 9.89. The van der Waals surface area contributed by atoms with E-state index in [4.69, 9.17) is 40.9 Å². The number of carbonyl (C=O) groups excluding carboxylic acids is 2. The van der Waals surface area contributed by atoms with Gasteiger partial charge in [-0.3, -0.25) is 19.6 Å². The number of aliphatic hydroxyl groups excluding tert-OH is 2. The zero-order valence-electron chi connectivity index (χ0n) is 50.1. The number of imidazole rings is 2. The van der Waals surface area contributed by atoms with E-state index in [-0.39, 0.29) is 116 Å². The van der Waals surface area contributed by atoms with Crippen LogP contribution in [0.2, 0.25) is 0 Å². The molecule has 14 heteroatoms. The van der Waals surface area contributed by atoms with Crippen LogP contribution in [0.3, 0.4) is 0 Å². The standard InChI is InChI=1S/2C28H36N4O3.CH4/c2*1-26(2)10-8-18(9-11-26)24-19(12-23(34)25-30-16-21(15-29)31-25)6-7-22(32-24)20-13-27(3,4)35-28(5,14-20)17-33;/h2*6-8,16,20,33H,9-14,17H2,1-5H3,(H,30,31);1H4/i8D,9D2,11D;8D,9D2,10D;. The molecule has 4 N–H and O–H groups in total. The number of ketones is 2. The predicted octanol–water partition coefficient (Wildman–Crippen LogP) is 10.9. The molecule has 0 aromatic carbocycles. The van der Waals surface area contributed by atoms with Crippen LogP contribution in [0.5, 0.6) is 0 Å². The van der Waals surface area contributed by atoms with E-state index in [1.165, 1.54) is 12.4 Å². The van der Waals surface area contributed by atoms with Crippen LogP contribution in [-0.2, 0) is 22.3 Å². The third-order valence-electron chi connectivity index (χ3n) is 13.1. The van der Waals surface area contributed by atoms with Gasteiger partial charge in [0.25, 0.3) is 0 Å². The molecule has 6 heterocycles. The van der Waals surface area contributed by atoms with Gasteiger partial charge in [0.2, 0.25) is 11.6 Å². The zero-order chi connectivity index (χ0) is 57.9. The van der Waals surface area contributed by atoms with Crippen molar-refractivity contribution in [3.8, 4) is 12.1 Å². The van der Waals surface area contributed by atoms with Gasteiger partial charge in [0, 0.05) is 44.3 Å². The first-order chi connectivity index (χ1) is 36.0. The van der Waals surface area contributed by atoms with Crippen LogP contribution in [0, 0.1) is 33.5 Å². The Morgan fingerprint density at radius 1 is 0.704 bits per heavy atom. The van der Waals surface area contributed by atoms with Gasteiger partial charge >= 0.3 is 0 Å². The maximum atomic E-state index is 13.1. The number of H-pyrrole nitrogens is 2. The summed E-state index contributed by atoms with van der Waals surface area (Å²) in [6.07, 6.45) is -1.59. The minimum absolute atomic E-state index is 0. The summed E-state index contributed by atoms with van der Waals surface area (Å²) in [7, 11) is 0. The number of hydrogen-bond acceptors (Lipinski definition) is 12. The number of nitriles is 2. The van der Waals surface area contributed by atoms with Crippen molar-refractivity contribution in [3.05, 3.63) is 106 Å². The topological polar surface area (TPSA) is 224 Å². The highest BCUT2D eigenvalue weighted by molar-refractivity contribution is 5.95. The first-order valence-electron chi connectivity index (χ1n) is 28.0. The van der Waals surface area contributed by atoms with Crippen molar-refractivity contribution in [1.82, 2.24) is 29.9 Å². The number of pyridine rings is 2. The molecule has 6 atom stereocenters. The number of ether oxygens (including phenoxy) is 2. The predicted molar refractivity (Wildman–Crippen MR) is 274 cm³/mol. The van der Waals surface area contributed by atoms with E-state index in [1.54, 1.807) is 39.8 Å². The summed E-state index contributed by atoms with van der Waals surface area (Å²) in [6, 6.07) is 10.8. The average molecular weight is 977 g/mol. The molecule has 0 radical (unpaired) electrons. The van der Waals surface area contributed by atoms with Crippen LogP contribution in [-0.4, -0.2) is 87.3 Å². The number of aliphatic hydroxyl groups is 2. The summed E-state index contributed by atoms with van der Waals surface area (Å²) in [4.78, 5) is 49.4. The number of aromatic amines is 2. The molecule has 8 rings (SSSR count). The lowest BCUT2D eigenvalue weighted by Crippen LogP contribution is -2.48. The number of nitrogens with one attached hydrogen (secondary N) is 2. The Labute approximate surface area is 432 Å². The maximum Gasteiger partial charge on any atom is 0.202 e. The molecule has 2 saturated heterocycles. The quantitative estimate of drug-likeness (QED) is 0.0973. The Bertz CT molecular complexity index is 3130. The summed E-state index contributed by atoms with van der Waals surface area (Å²) in [5.41, 5.74) is -1.23. The number of hydrogen-bond donors (Lipinski definition) is 4. The summed E-state index contributed by atoms with van der Waals surface area (Å²) < 4.78 is 83.1. The van der Waals surface area contributed by atoms with Gasteiger partial charge in [0.05, 0.1) is 62.1 Å². The highest BCUT2D eigenvalue weighted by Crippen LogP contribution is 2.46. The van der Waals surface area contributed by atoms with Crippen molar-refractivity contribution in [1.29, 1.82) is 10.5 Å². The molecule has 2 aliphatic heterocycles. The SMILES string of the molecule is C.[2H]C1=C(c2nc(C3CC(C)(C)OC(C)(CO)C3)ccc2CC(=O)c2ncc(C#N)[nH]2)C([2H])([2H])C([2H])C(C)(C)C1.[2H]C1=C(c2nc(C3CC(C)(C)OC(C)(CO)C3)ccc2CC(=O)c2ncc(C#N)[nH]2)C([2H])([2H])CC(C)(C)C1[2H]. The lowest BCUT2D eigenvalue weighted by atomic mass is 9.76. The molecule has 2 aliphatic carbocycles. The average Bonchev–Trinajstić information content (AvgIpc) is 4.03. The molecule has 6 unspecified atom stereocenters. The zero-order valence-corrected chi connectivity index (χ0v) is 42.1. The van der Waals surface area contributed by atoms with Crippen molar-refractivity contribution >= 4 is 22.7 Å². The van der Waals surface area contributed by atoms with Crippen LogP contribution in [0.15, 0.2) is 48.8 Å². The number of aromatic nitrogens is 6. The molecular weight excluding hydrogens is 893 g/mol.